The van der Waals surface area contributed by atoms with E-state index in [1.54, 1.807) is 17.2 Å². The van der Waals surface area contributed by atoms with Gasteiger partial charge in [0, 0.05) is 58.5 Å². The molecular formula is C39H63FIN5O5Si3. The molecule has 2 unspecified atom stereocenters. The second-order valence-electron chi connectivity index (χ2n) is 19.3. The zero-order valence-corrected chi connectivity index (χ0v) is 39.5. The zero-order chi connectivity index (χ0) is 39.8. The number of hydrogen-bond acceptors (Lipinski definition) is 7. The third-order valence-electron chi connectivity index (χ3n) is 11.5. The first-order valence-electron chi connectivity index (χ1n) is 19.5. The zero-order valence-electron chi connectivity index (χ0n) is 34.4. The van der Waals surface area contributed by atoms with Crippen molar-refractivity contribution in [1.29, 1.82) is 0 Å². The number of nitrogens with zero attached hydrogens (tertiary/aromatic N) is 5. The summed E-state index contributed by atoms with van der Waals surface area (Å²) in [6, 6.07) is 7.35. The van der Waals surface area contributed by atoms with Gasteiger partial charge in [0.15, 0.2) is 19.8 Å². The SMILES string of the molecule is CC(C)(C)[Si](C)(C)OCc1ccc(-c2cnn3c(N(COCC[Si](C)(C)C)COCC[Si](C)(C)C)c(I)c(C4CC5CCC(C4)N5C(=O)O)nc23)cc1F. The molecule has 1 amide bonds. The number of carbonyl (C=O) groups is 1. The molecule has 5 rings (SSSR count). The van der Waals surface area contributed by atoms with Crippen molar-refractivity contribution < 1.29 is 28.2 Å². The van der Waals surface area contributed by atoms with Crippen LogP contribution in [0.4, 0.5) is 15.0 Å². The summed E-state index contributed by atoms with van der Waals surface area (Å²) in [6.07, 6.45) is 4.09. The van der Waals surface area contributed by atoms with Gasteiger partial charge in [-0.05, 0) is 90.1 Å². The van der Waals surface area contributed by atoms with Crippen molar-refractivity contribution in [1.82, 2.24) is 19.5 Å². The van der Waals surface area contributed by atoms with Gasteiger partial charge in [0.2, 0.25) is 0 Å². The van der Waals surface area contributed by atoms with Crippen LogP contribution in [0, 0.1) is 9.39 Å². The summed E-state index contributed by atoms with van der Waals surface area (Å²) < 4.78 is 37.8. The number of halogens is 2. The number of amides is 1. The Balaban J connectivity index is 1.56. The third kappa shape index (κ3) is 10.3. The molecule has 4 heterocycles. The van der Waals surface area contributed by atoms with Crippen LogP contribution in [0.2, 0.25) is 69.5 Å². The number of hydrogen-bond donors (Lipinski definition) is 1. The van der Waals surface area contributed by atoms with E-state index in [1.807, 2.05) is 16.6 Å². The molecular weight excluding hydrogens is 849 g/mol. The fourth-order valence-electron chi connectivity index (χ4n) is 7.01. The van der Waals surface area contributed by atoms with Crippen LogP contribution >= 0.6 is 22.6 Å². The van der Waals surface area contributed by atoms with E-state index in [4.69, 9.17) is 24.0 Å². The van der Waals surface area contributed by atoms with Crippen LogP contribution in [0.5, 0.6) is 0 Å². The summed E-state index contributed by atoms with van der Waals surface area (Å²) in [5.74, 6) is 0.573. The van der Waals surface area contributed by atoms with E-state index in [9.17, 15) is 9.90 Å². The van der Waals surface area contributed by atoms with Gasteiger partial charge in [-0.15, -0.1) is 0 Å². The summed E-state index contributed by atoms with van der Waals surface area (Å²) in [4.78, 5) is 21.3. The van der Waals surface area contributed by atoms with Crippen molar-refractivity contribution >= 4 is 64.6 Å². The number of carboxylic acid groups (broad SMARTS) is 1. The fraction of sp³-hybridized carbons (Fsp3) is 0.667. The second kappa shape index (κ2) is 16.9. The van der Waals surface area contributed by atoms with Crippen LogP contribution in [-0.4, -0.2) is 93.9 Å². The van der Waals surface area contributed by atoms with Gasteiger partial charge in [0.1, 0.15) is 19.3 Å². The van der Waals surface area contributed by atoms with Gasteiger partial charge in [-0.3, -0.25) is 0 Å². The predicted octanol–water partition coefficient (Wildman–Crippen LogP) is 10.5. The molecule has 3 aromatic rings. The highest BCUT2D eigenvalue weighted by Gasteiger charge is 2.45. The smallest absolute Gasteiger partial charge is 0.407 e. The lowest BCUT2D eigenvalue weighted by atomic mass is 9.88. The third-order valence-corrected chi connectivity index (χ3v) is 20.4. The van der Waals surface area contributed by atoms with Crippen LogP contribution in [0.15, 0.2) is 24.4 Å². The lowest BCUT2D eigenvalue weighted by Crippen LogP contribution is -2.45. The molecule has 54 heavy (non-hydrogen) atoms. The summed E-state index contributed by atoms with van der Waals surface area (Å²) in [7, 11) is -4.70. The number of rotatable bonds is 16. The minimum Gasteiger partial charge on any atom is -0.465 e. The highest BCUT2D eigenvalue weighted by atomic mass is 127. The first-order valence-corrected chi connectivity index (χ1v) is 30.9. The molecule has 0 aliphatic carbocycles. The maximum Gasteiger partial charge on any atom is 0.407 e. The molecule has 300 valence electrons. The van der Waals surface area contributed by atoms with Crippen molar-refractivity contribution in [3.8, 4) is 11.1 Å². The Labute approximate surface area is 338 Å². The van der Waals surface area contributed by atoms with Gasteiger partial charge in [0.25, 0.3) is 0 Å². The quantitative estimate of drug-likeness (QED) is 0.0656. The Bertz CT molecular complexity index is 1750. The number of benzene rings is 1. The fourth-order valence-corrected chi connectivity index (χ4v) is 10.6. The molecule has 1 N–H and O–H groups in total. The van der Waals surface area contributed by atoms with E-state index >= 15 is 4.39 Å². The molecule has 0 radical (unpaired) electrons. The predicted molar refractivity (Wildman–Crippen MR) is 232 cm³/mol. The minimum absolute atomic E-state index is 0.0233. The lowest BCUT2D eigenvalue weighted by Gasteiger charge is -2.37. The monoisotopic (exact) mass is 911 g/mol. The summed E-state index contributed by atoms with van der Waals surface area (Å²) in [5, 5.41) is 14.9. The first kappa shape index (κ1) is 43.2. The van der Waals surface area contributed by atoms with Crippen molar-refractivity contribution in [2.75, 3.05) is 31.6 Å². The Morgan fingerprint density at radius 2 is 1.56 bits per heavy atom. The van der Waals surface area contributed by atoms with Crippen molar-refractivity contribution in [3.05, 3.63) is 45.0 Å². The van der Waals surface area contributed by atoms with Crippen LogP contribution in [0.1, 0.15) is 63.6 Å². The molecule has 10 nitrogen and oxygen atoms in total. The topological polar surface area (TPSA) is 102 Å². The molecule has 2 saturated heterocycles. The standard InChI is InChI=1S/C39H63FIN5O5Si3/c1-39(2,3)54(10,11)51-24-28-13-12-27(22-33(28)40)32-23-42-46-36(32)43-35(29-20-30-14-15-31(21-29)45(30)38(47)48)34(41)37(46)44(25-49-16-18-52(4,5)6)26-50-17-19-53(7,8)9/h12-13,22-23,29-31H,14-21,24-26H2,1-11H3,(H,47,48). The largest absolute Gasteiger partial charge is 0.465 e. The van der Waals surface area contributed by atoms with E-state index < -0.39 is 30.6 Å². The molecule has 2 atom stereocenters. The molecule has 1 aromatic carbocycles. The van der Waals surface area contributed by atoms with Crippen LogP contribution in [0.3, 0.4) is 0 Å². The van der Waals surface area contributed by atoms with Crippen molar-refractivity contribution in [3.63, 3.8) is 0 Å². The highest BCUT2D eigenvalue weighted by molar-refractivity contribution is 14.1. The molecule has 0 spiro atoms. The molecule has 2 aliphatic heterocycles. The number of anilines is 1. The molecule has 0 saturated carbocycles. The van der Waals surface area contributed by atoms with Gasteiger partial charge < -0.3 is 28.8 Å². The maximum absolute atomic E-state index is 15.9. The average molecular weight is 912 g/mol. The van der Waals surface area contributed by atoms with Crippen LogP contribution < -0.4 is 4.90 Å². The van der Waals surface area contributed by atoms with E-state index in [-0.39, 0.29) is 35.5 Å². The lowest BCUT2D eigenvalue weighted by molar-refractivity contribution is 0.0931. The highest BCUT2D eigenvalue weighted by Crippen LogP contribution is 2.45. The molecule has 2 aromatic heterocycles. The number of piperidine rings is 1. The molecule has 2 bridgehead atoms. The van der Waals surface area contributed by atoms with E-state index in [0.717, 1.165) is 45.6 Å². The Kier molecular flexibility index (Phi) is 13.5. The normalized spacial score (nSPS) is 19.6. The van der Waals surface area contributed by atoms with Crippen molar-refractivity contribution in [2.45, 2.75) is 141 Å². The van der Waals surface area contributed by atoms with Gasteiger partial charge in [-0.2, -0.15) is 9.61 Å². The number of fused-ring (bicyclic) bond motifs is 3. The Morgan fingerprint density at radius 1 is 0.981 bits per heavy atom. The van der Waals surface area contributed by atoms with Gasteiger partial charge in [-0.25, -0.2) is 14.2 Å². The minimum atomic E-state index is -2.07. The maximum atomic E-state index is 15.9. The van der Waals surface area contributed by atoms with Crippen LogP contribution in [0.25, 0.3) is 16.8 Å². The van der Waals surface area contributed by atoms with Crippen LogP contribution in [-0.2, 0) is 20.5 Å². The Morgan fingerprint density at radius 3 is 2.06 bits per heavy atom. The summed E-state index contributed by atoms with van der Waals surface area (Å²) in [5.41, 5.74) is 3.51. The average Bonchev–Trinajstić information content (AvgIpc) is 3.59. The molecule has 2 fully saturated rings. The Hall–Kier alpha value is -1.90. The first-order chi connectivity index (χ1) is 25.1. The second-order valence-corrected chi connectivity index (χ2v) is 36.4. The van der Waals surface area contributed by atoms with E-state index in [0.29, 0.717) is 56.3 Å². The van der Waals surface area contributed by atoms with Crippen molar-refractivity contribution in [2.24, 2.45) is 0 Å². The molecule has 15 heteroatoms. The van der Waals surface area contributed by atoms with Gasteiger partial charge in [-0.1, -0.05) is 72.2 Å². The van der Waals surface area contributed by atoms with Gasteiger partial charge >= 0.3 is 6.09 Å². The summed E-state index contributed by atoms with van der Waals surface area (Å²) in [6.45, 7) is 27.2. The van der Waals surface area contributed by atoms with E-state index in [2.05, 4.69) is 101 Å². The van der Waals surface area contributed by atoms with Gasteiger partial charge in [0.05, 0.1) is 22.1 Å². The van der Waals surface area contributed by atoms with E-state index in [1.165, 1.54) is 0 Å². The molecule has 2 aliphatic rings. The number of ether oxygens (including phenoxy) is 2. The number of aromatic nitrogens is 3. The summed E-state index contributed by atoms with van der Waals surface area (Å²) >= 11 is 2.40.